The fraction of sp³-hybridized carbons (Fsp3) is 0.667. The maximum absolute atomic E-state index is 11.6. The molecule has 0 amide bonds. The van der Waals surface area contributed by atoms with E-state index in [9.17, 15) is 5.11 Å². The second kappa shape index (κ2) is 3.09. The molecule has 0 aromatic heterocycles. The largest absolute Gasteiger partial charge is 0.384 e. The number of hydrogen-bond acceptors (Lipinski definition) is 1. The lowest BCUT2D eigenvalue weighted by Gasteiger charge is -2.79. The average molecular weight is 254 g/mol. The molecule has 1 heteroatoms. The van der Waals surface area contributed by atoms with Crippen LogP contribution in [-0.2, 0) is 5.60 Å². The van der Waals surface area contributed by atoms with Gasteiger partial charge in [0.25, 0.3) is 0 Å². The van der Waals surface area contributed by atoms with Crippen LogP contribution in [0.25, 0.3) is 0 Å². The molecule has 1 nitrogen and oxygen atoms in total. The van der Waals surface area contributed by atoms with E-state index in [0.717, 1.165) is 23.7 Å². The van der Waals surface area contributed by atoms with Gasteiger partial charge >= 0.3 is 0 Å². The second-order valence-corrected chi connectivity index (χ2v) is 7.81. The first kappa shape index (κ1) is 10.9. The average Bonchev–Trinajstić information content (AvgIpc) is 2.44. The van der Waals surface area contributed by atoms with Gasteiger partial charge in [-0.05, 0) is 60.8 Å². The normalized spacial score (nSPS) is 57.1. The Hall–Kier alpha value is -0.820. The van der Waals surface area contributed by atoms with Gasteiger partial charge in [0.2, 0.25) is 0 Å². The Bertz CT molecular complexity index is 525. The zero-order valence-electron chi connectivity index (χ0n) is 11.5. The van der Waals surface area contributed by atoms with Gasteiger partial charge in [0.05, 0.1) is 5.60 Å². The lowest BCUT2D eigenvalue weighted by Crippen LogP contribution is -2.78. The van der Waals surface area contributed by atoms with E-state index in [4.69, 9.17) is 0 Å². The van der Waals surface area contributed by atoms with E-state index in [-0.39, 0.29) is 5.41 Å². The zero-order valence-corrected chi connectivity index (χ0v) is 11.5. The molecule has 100 valence electrons. The molecule has 1 N–H and O–H groups in total. The molecule has 7 rings (SSSR count). The van der Waals surface area contributed by atoms with Crippen molar-refractivity contribution in [2.75, 3.05) is 0 Å². The monoisotopic (exact) mass is 254 g/mol. The molecule has 0 spiro atoms. The highest BCUT2D eigenvalue weighted by atomic mass is 16.3. The molecule has 0 saturated heterocycles. The van der Waals surface area contributed by atoms with Crippen LogP contribution in [-0.4, -0.2) is 5.11 Å². The molecule has 2 unspecified atom stereocenters. The van der Waals surface area contributed by atoms with Gasteiger partial charge in [-0.2, -0.15) is 0 Å². The summed E-state index contributed by atoms with van der Waals surface area (Å²) in [5.74, 6) is 3.90. The number of rotatable bonds is 1. The van der Waals surface area contributed by atoms with Crippen LogP contribution in [0.1, 0.15) is 38.2 Å². The van der Waals surface area contributed by atoms with E-state index in [1.54, 1.807) is 0 Å². The van der Waals surface area contributed by atoms with Crippen LogP contribution >= 0.6 is 0 Å². The molecule has 1 aromatic rings. The second-order valence-electron chi connectivity index (χ2n) is 7.81. The van der Waals surface area contributed by atoms with Gasteiger partial charge in [-0.1, -0.05) is 37.3 Å². The first-order valence-corrected chi connectivity index (χ1v) is 7.93. The van der Waals surface area contributed by atoms with Gasteiger partial charge in [0.1, 0.15) is 0 Å². The Labute approximate surface area is 115 Å². The summed E-state index contributed by atoms with van der Waals surface area (Å²) in [7, 11) is 0. The van der Waals surface area contributed by atoms with E-state index in [1.807, 2.05) is 0 Å². The quantitative estimate of drug-likeness (QED) is 0.812. The van der Waals surface area contributed by atoms with Gasteiger partial charge in [-0.25, -0.2) is 0 Å². The summed E-state index contributed by atoms with van der Waals surface area (Å²) in [6.45, 7) is 2.39. The summed E-state index contributed by atoms with van der Waals surface area (Å²) in [5.41, 5.74) is 0.818. The minimum Gasteiger partial charge on any atom is -0.384 e. The van der Waals surface area contributed by atoms with Crippen LogP contribution in [0.2, 0.25) is 0 Å². The summed E-state index contributed by atoms with van der Waals surface area (Å²) in [6, 6.07) is 10.5. The van der Waals surface area contributed by atoms with E-state index in [1.165, 1.54) is 31.2 Å². The highest BCUT2D eigenvalue weighted by Crippen LogP contribution is 2.81. The lowest BCUT2D eigenvalue weighted by atomic mass is 9.26. The molecule has 6 aliphatic rings. The molecule has 0 radical (unpaired) electrons. The van der Waals surface area contributed by atoms with Crippen LogP contribution in [0.3, 0.4) is 0 Å². The van der Waals surface area contributed by atoms with Crippen LogP contribution in [0, 0.1) is 35.0 Å². The molecule has 6 fully saturated rings. The minimum absolute atomic E-state index is 0.159. The topological polar surface area (TPSA) is 20.2 Å². The summed E-state index contributed by atoms with van der Waals surface area (Å²) >= 11 is 0. The molecule has 19 heavy (non-hydrogen) atoms. The fourth-order valence-corrected chi connectivity index (χ4v) is 6.90. The molecule has 6 aliphatic carbocycles. The maximum Gasteiger partial charge on any atom is 0.0988 e. The van der Waals surface area contributed by atoms with Gasteiger partial charge in [0.15, 0.2) is 0 Å². The molecule has 7 atom stereocenters. The van der Waals surface area contributed by atoms with E-state index >= 15 is 0 Å². The first-order valence-electron chi connectivity index (χ1n) is 7.93. The van der Waals surface area contributed by atoms with Gasteiger partial charge in [-0.3, -0.25) is 0 Å². The molecule has 0 heterocycles. The molecule has 6 saturated carbocycles. The van der Waals surface area contributed by atoms with Crippen molar-refractivity contribution in [1.82, 2.24) is 0 Å². The van der Waals surface area contributed by atoms with Crippen molar-refractivity contribution in [3.05, 3.63) is 35.9 Å². The molecular weight excluding hydrogens is 232 g/mol. The van der Waals surface area contributed by atoms with E-state index in [2.05, 4.69) is 37.3 Å². The Morgan fingerprint density at radius 1 is 1.05 bits per heavy atom. The molecule has 0 aliphatic heterocycles. The Morgan fingerprint density at radius 3 is 2.58 bits per heavy atom. The van der Waals surface area contributed by atoms with Gasteiger partial charge in [-0.15, -0.1) is 0 Å². The van der Waals surface area contributed by atoms with Crippen molar-refractivity contribution in [1.29, 1.82) is 0 Å². The number of aliphatic hydroxyl groups is 1. The molecular formula is C18H22O. The number of benzene rings is 1. The molecule has 6 bridgehead atoms. The summed E-state index contributed by atoms with van der Waals surface area (Å²) < 4.78 is 0. The lowest BCUT2D eigenvalue weighted by molar-refractivity contribution is -0.372. The van der Waals surface area contributed by atoms with Crippen molar-refractivity contribution in [2.45, 2.75) is 38.2 Å². The van der Waals surface area contributed by atoms with Crippen LogP contribution in [0.4, 0.5) is 0 Å². The maximum atomic E-state index is 11.6. The third kappa shape index (κ3) is 0.961. The van der Waals surface area contributed by atoms with Crippen molar-refractivity contribution in [3.8, 4) is 0 Å². The SMILES string of the molecule is CC12[C@H]3C[C@@H]4C[C@H](C3)C([C@H]1C4)[C@]2(O)c1ccccc1. The van der Waals surface area contributed by atoms with Crippen molar-refractivity contribution in [2.24, 2.45) is 35.0 Å². The highest BCUT2D eigenvalue weighted by Gasteiger charge is 2.79. The standard InChI is InChI=1S/C18H22O/c1-17-14-8-11-7-12(10-14)16(15(17)9-11)18(17,19)13-5-3-2-4-6-13/h2-6,11-12,14-16,19H,7-10H2,1H3/t11-,12+,14-,15+,16?,17?,18+/m0/s1. The zero-order chi connectivity index (χ0) is 12.8. The Balaban J connectivity index is 1.70. The van der Waals surface area contributed by atoms with Crippen LogP contribution in [0.5, 0.6) is 0 Å². The van der Waals surface area contributed by atoms with Crippen molar-refractivity contribution in [3.63, 3.8) is 0 Å². The summed E-state index contributed by atoms with van der Waals surface area (Å²) in [4.78, 5) is 0. The van der Waals surface area contributed by atoms with Crippen molar-refractivity contribution < 1.29 is 5.11 Å². The van der Waals surface area contributed by atoms with Crippen LogP contribution < -0.4 is 0 Å². The predicted octanol–water partition coefficient (Wildman–Crippen LogP) is 3.58. The highest BCUT2D eigenvalue weighted by molar-refractivity contribution is 5.37. The van der Waals surface area contributed by atoms with Crippen LogP contribution in [0.15, 0.2) is 30.3 Å². The Morgan fingerprint density at radius 2 is 1.84 bits per heavy atom. The third-order valence-corrected chi connectivity index (χ3v) is 7.51. The smallest absolute Gasteiger partial charge is 0.0988 e. The van der Waals surface area contributed by atoms with E-state index in [0.29, 0.717) is 5.92 Å². The third-order valence-electron chi connectivity index (χ3n) is 7.51. The van der Waals surface area contributed by atoms with Crippen molar-refractivity contribution >= 4 is 0 Å². The van der Waals surface area contributed by atoms with Gasteiger partial charge < -0.3 is 5.11 Å². The first-order chi connectivity index (χ1) is 9.15. The van der Waals surface area contributed by atoms with Gasteiger partial charge in [0, 0.05) is 5.41 Å². The summed E-state index contributed by atoms with van der Waals surface area (Å²) in [5, 5.41) is 11.6. The number of hydrogen-bond donors (Lipinski definition) is 1. The summed E-state index contributed by atoms with van der Waals surface area (Å²) in [6.07, 6.45) is 5.56. The fourth-order valence-electron chi connectivity index (χ4n) is 6.90. The minimum atomic E-state index is -0.530. The van der Waals surface area contributed by atoms with E-state index < -0.39 is 5.60 Å². The molecule has 1 aromatic carbocycles. The predicted molar refractivity (Wildman–Crippen MR) is 74.4 cm³/mol. The Kier molecular flexibility index (Phi) is 1.77.